The molecule has 0 spiro atoms. The molecular formula is C20H18ClFNO+. The van der Waals surface area contributed by atoms with Gasteiger partial charge in [-0.15, -0.1) is 0 Å². The summed E-state index contributed by atoms with van der Waals surface area (Å²) in [6, 6.07) is 20.1. The van der Waals surface area contributed by atoms with Crippen molar-refractivity contribution in [1.29, 1.82) is 0 Å². The number of pyridine rings is 1. The Morgan fingerprint density at radius 1 is 0.917 bits per heavy atom. The molecule has 0 fully saturated rings. The Morgan fingerprint density at radius 3 is 2.42 bits per heavy atom. The summed E-state index contributed by atoms with van der Waals surface area (Å²) in [7, 11) is 0. The van der Waals surface area contributed by atoms with Crippen molar-refractivity contribution in [2.24, 2.45) is 0 Å². The molecule has 0 unspecified atom stereocenters. The molecule has 0 aliphatic heterocycles. The Labute approximate surface area is 146 Å². The van der Waals surface area contributed by atoms with Gasteiger partial charge in [0, 0.05) is 17.2 Å². The number of halogens is 2. The predicted molar refractivity (Wildman–Crippen MR) is 92.8 cm³/mol. The lowest BCUT2D eigenvalue weighted by Crippen LogP contribution is -2.40. The molecule has 0 aliphatic carbocycles. The van der Waals surface area contributed by atoms with Crippen molar-refractivity contribution in [1.82, 2.24) is 0 Å². The highest BCUT2D eigenvalue weighted by Gasteiger charge is 2.10. The van der Waals surface area contributed by atoms with E-state index >= 15 is 0 Å². The van der Waals surface area contributed by atoms with Gasteiger partial charge in [-0.05, 0) is 42.0 Å². The molecular weight excluding hydrogens is 325 g/mol. The van der Waals surface area contributed by atoms with E-state index < -0.39 is 0 Å². The van der Waals surface area contributed by atoms with Crippen molar-refractivity contribution >= 4 is 11.6 Å². The maximum Gasteiger partial charge on any atom is 0.185 e. The first kappa shape index (κ1) is 16.5. The fourth-order valence-corrected chi connectivity index (χ4v) is 2.62. The highest BCUT2D eigenvalue weighted by molar-refractivity contribution is 6.30. The number of aromatic nitrogens is 1. The number of benzene rings is 2. The van der Waals surface area contributed by atoms with Crippen molar-refractivity contribution in [2.75, 3.05) is 6.61 Å². The van der Waals surface area contributed by atoms with Gasteiger partial charge in [0.05, 0.1) is 6.42 Å². The van der Waals surface area contributed by atoms with E-state index in [4.69, 9.17) is 16.3 Å². The second-order valence-corrected chi connectivity index (χ2v) is 5.93. The highest BCUT2D eigenvalue weighted by Crippen LogP contribution is 2.13. The van der Waals surface area contributed by atoms with E-state index in [1.54, 1.807) is 12.1 Å². The van der Waals surface area contributed by atoms with Crippen LogP contribution < -0.4 is 9.30 Å². The molecule has 2 nitrogen and oxygen atoms in total. The summed E-state index contributed by atoms with van der Waals surface area (Å²) in [4.78, 5) is 0. The van der Waals surface area contributed by atoms with Crippen LogP contribution in [0.3, 0.4) is 0 Å². The molecule has 1 aromatic heterocycles. The third kappa shape index (κ3) is 4.56. The van der Waals surface area contributed by atoms with Crippen LogP contribution in [0.15, 0.2) is 72.9 Å². The third-order valence-electron chi connectivity index (χ3n) is 3.75. The summed E-state index contributed by atoms with van der Waals surface area (Å²) in [6.07, 6.45) is 2.87. The van der Waals surface area contributed by atoms with Gasteiger partial charge in [-0.2, -0.15) is 4.57 Å². The average Bonchev–Trinajstić information content (AvgIpc) is 2.60. The second-order valence-electron chi connectivity index (χ2n) is 5.49. The van der Waals surface area contributed by atoms with E-state index in [1.165, 1.54) is 23.4 Å². The van der Waals surface area contributed by atoms with Gasteiger partial charge in [-0.1, -0.05) is 29.8 Å². The molecule has 122 valence electrons. The minimum atomic E-state index is -0.259. The van der Waals surface area contributed by atoms with Crippen LogP contribution in [0.5, 0.6) is 5.75 Å². The number of hydrogen-bond donors (Lipinski definition) is 0. The lowest BCUT2D eigenvalue weighted by Gasteiger charge is -2.07. The van der Waals surface area contributed by atoms with E-state index in [2.05, 4.69) is 10.6 Å². The molecule has 0 atom stereocenters. The minimum Gasteiger partial charge on any atom is -0.487 e. The monoisotopic (exact) mass is 342 g/mol. The van der Waals surface area contributed by atoms with Crippen LogP contribution in [0.25, 0.3) is 0 Å². The fraction of sp³-hybridized carbons (Fsp3) is 0.150. The zero-order valence-electron chi connectivity index (χ0n) is 13.2. The third-order valence-corrected chi connectivity index (χ3v) is 4.00. The van der Waals surface area contributed by atoms with Crippen LogP contribution >= 0.6 is 11.6 Å². The summed E-state index contributed by atoms with van der Waals surface area (Å²) in [5, 5.41) is 0.743. The van der Waals surface area contributed by atoms with E-state index in [-0.39, 0.29) is 5.82 Å². The maximum atomic E-state index is 12.9. The van der Waals surface area contributed by atoms with Crippen molar-refractivity contribution in [3.8, 4) is 5.75 Å². The van der Waals surface area contributed by atoms with Gasteiger partial charge in [0.25, 0.3) is 0 Å². The van der Waals surface area contributed by atoms with Crippen molar-refractivity contribution in [3.05, 3.63) is 95.0 Å². The molecule has 0 saturated heterocycles. The van der Waals surface area contributed by atoms with Crippen LogP contribution in [0.2, 0.25) is 5.02 Å². The summed E-state index contributed by atoms with van der Waals surface area (Å²) in [6.45, 7) is 1.25. The number of hydrogen-bond acceptors (Lipinski definition) is 1. The molecule has 3 aromatic rings. The lowest BCUT2D eigenvalue weighted by atomic mass is 10.1. The zero-order chi connectivity index (χ0) is 16.8. The molecule has 0 N–H and O–H groups in total. The van der Waals surface area contributed by atoms with Gasteiger partial charge in [-0.3, -0.25) is 0 Å². The van der Waals surface area contributed by atoms with Crippen LogP contribution in [-0.4, -0.2) is 6.61 Å². The van der Waals surface area contributed by atoms with E-state index in [0.29, 0.717) is 12.4 Å². The molecule has 0 radical (unpaired) electrons. The minimum absolute atomic E-state index is 0.259. The van der Waals surface area contributed by atoms with Gasteiger partial charge in [0.2, 0.25) is 0 Å². The van der Waals surface area contributed by atoms with Gasteiger partial charge in [-0.25, -0.2) is 4.39 Å². The summed E-state index contributed by atoms with van der Waals surface area (Å²) < 4.78 is 20.7. The zero-order valence-corrected chi connectivity index (χ0v) is 13.9. The SMILES string of the molecule is Fc1ccc(OCC[n+]2ccccc2Cc2ccc(Cl)cc2)cc1. The fourth-order valence-electron chi connectivity index (χ4n) is 2.49. The molecule has 0 saturated carbocycles. The van der Waals surface area contributed by atoms with E-state index in [9.17, 15) is 4.39 Å². The van der Waals surface area contributed by atoms with Crippen LogP contribution in [0.4, 0.5) is 4.39 Å². The first-order valence-corrected chi connectivity index (χ1v) is 8.19. The molecule has 0 amide bonds. The van der Waals surface area contributed by atoms with Gasteiger partial charge >= 0.3 is 0 Å². The Balaban J connectivity index is 1.63. The van der Waals surface area contributed by atoms with Gasteiger partial charge in [0.15, 0.2) is 18.4 Å². The first-order valence-electron chi connectivity index (χ1n) is 7.81. The predicted octanol–water partition coefficient (Wildman–Crippen LogP) is 4.44. The van der Waals surface area contributed by atoms with Crippen LogP contribution in [-0.2, 0) is 13.0 Å². The Hall–Kier alpha value is -2.39. The summed E-state index contributed by atoms with van der Waals surface area (Å²) in [5.41, 5.74) is 2.40. The van der Waals surface area contributed by atoms with Gasteiger partial charge < -0.3 is 4.74 Å². The molecule has 3 rings (SSSR count). The number of ether oxygens (including phenoxy) is 1. The average molecular weight is 343 g/mol. The number of nitrogens with zero attached hydrogens (tertiary/aromatic N) is 1. The standard InChI is InChI=1S/C20H18ClFNO/c21-17-6-4-16(5-7-17)15-19-3-1-2-12-23(19)13-14-24-20-10-8-18(22)9-11-20/h1-12H,13-15H2/q+1. The van der Waals surface area contributed by atoms with Crippen molar-refractivity contribution in [3.63, 3.8) is 0 Å². The molecule has 2 aromatic carbocycles. The van der Waals surface area contributed by atoms with Crippen LogP contribution in [0.1, 0.15) is 11.3 Å². The van der Waals surface area contributed by atoms with Crippen LogP contribution in [0, 0.1) is 5.82 Å². The summed E-state index contributed by atoms with van der Waals surface area (Å²) in [5.74, 6) is 0.414. The molecule has 24 heavy (non-hydrogen) atoms. The molecule has 1 heterocycles. The van der Waals surface area contributed by atoms with E-state index in [0.717, 1.165) is 18.0 Å². The second kappa shape index (κ2) is 7.93. The Morgan fingerprint density at radius 2 is 1.67 bits per heavy atom. The molecule has 0 bridgehead atoms. The summed E-state index contributed by atoms with van der Waals surface area (Å²) >= 11 is 5.94. The first-order chi connectivity index (χ1) is 11.7. The Kier molecular flexibility index (Phi) is 5.44. The molecule has 0 aliphatic rings. The lowest BCUT2D eigenvalue weighted by molar-refractivity contribution is -0.704. The van der Waals surface area contributed by atoms with Crippen molar-refractivity contribution in [2.45, 2.75) is 13.0 Å². The van der Waals surface area contributed by atoms with Gasteiger partial charge in [0.1, 0.15) is 18.2 Å². The highest BCUT2D eigenvalue weighted by atomic mass is 35.5. The Bertz CT molecular complexity index is 787. The van der Waals surface area contributed by atoms with Crippen molar-refractivity contribution < 1.29 is 13.7 Å². The topological polar surface area (TPSA) is 13.1 Å². The quantitative estimate of drug-likeness (QED) is 0.604. The number of rotatable bonds is 6. The normalized spacial score (nSPS) is 10.6. The van der Waals surface area contributed by atoms with E-state index in [1.807, 2.05) is 42.6 Å². The molecule has 4 heteroatoms. The maximum absolute atomic E-state index is 12.9. The smallest absolute Gasteiger partial charge is 0.185 e. The largest absolute Gasteiger partial charge is 0.487 e.